The fraction of sp³-hybridized carbons (Fsp3) is 1.00. The molecule has 2 fully saturated rings. The Balaban J connectivity index is 1.88. The topological polar surface area (TPSA) is 12.0 Å². The van der Waals surface area contributed by atoms with Crippen LogP contribution in [0.3, 0.4) is 0 Å². The van der Waals surface area contributed by atoms with Gasteiger partial charge in [-0.25, -0.2) is 0 Å². The van der Waals surface area contributed by atoms with Gasteiger partial charge in [-0.1, -0.05) is 19.8 Å². The lowest BCUT2D eigenvalue weighted by Gasteiger charge is -2.38. The highest BCUT2D eigenvalue weighted by Gasteiger charge is 2.32. The van der Waals surface area contributed by atoms with Gasteiger partial charge >= 0.3 is 0 Å². The molecule has 2 atom stereocenters. The van der Waals surface area contributed by atoms with E-state index < -0.39 is 0 Å². The molecule has 0 spiro atoms. The van der Waals surface area contributed by atoms with Gasteiger partial charge in [-0.3, -0.25) is 0 Å². The van der Waals surface area contributed by atoms with Crippen LogP contribution >= 0.6 is 23.5 Å². The van der Waals surface area contributed by atoms with E-state index in [0.29, 0.717) is 0 Å². The highest BCUT2D eigenvalue weighted by Crippen LogP contribution is 2.36. The highest BCUT2D eigenvalue weighted by molar-refractivity contribution is 8.06. The molecule has 1 heterocycles. The second-order valence-corrected chi connectivity index (χ2v) is 7.82. The SMILES string of the molecule is CNC(C1CCC(C)CC1)C1CSCCS1. The summed E-state index contributed by atoms with van der Waals surface area (Å²) in [5.74, 6) is 6.00. The van der Waals surface area contributed by atoms with Gasteiger partial charge in [-0.05, 0) is 31.7 Å². The Labute approximate surface area is 109 Å². The van der Waals surface area contributed by atoms with Gasteiger partial charge in [-0.15, -0.1) is 0 Å². The van der Waals surface area contributed by atoms with Crippen LogP contribution in [0, 0.1) is 11.8 Å². The van der Waals surface area contributed by atoms with Crippen LogP contribution in [0.4, 0.5) is 0 Å². The zero-order chi connectivity index (χ0) is 11.4. The Kier molecular flexibility index (Phi) is 5.37. The standard InChI is InChI=1S/C13H25NS2/c1-10-3-5-11(6-4-10)13(14-2)12-9-15-7-8-16-12/h10-14H,3-9H2,1-2H3. The predicted octanol–water partition coefficient (Wildman–Crippen LogP) is 3.25. The third kappa shape index (κ3) is 3.33. The smallest absolute Gasteiger partial charge is 0.0294 e. The van der Waals surface area contributed by atoms with Gasteiger partial charge in [0.05, 0.1) is 0 Å². The number of rotatable bonds is 3. The van der Waals surface area contributed by atoms with E-state index in [-0.39, 0.29) is 0 Å². The van der Waals surface area contributed by atoms with Crippen LogP contribution < -0.4 is 5.32 Å². The Hall–Kier alpha value is 0.660. The van der Waals surface area contributed by atoms with Crippen molar-refractivity contribution in [1.29, 1.82) is 0 Å². The molecule has 94 valence electrons. The van der Waals surface area contributed by atoms with Crippen molar-refractivity contribution in [1.82, 2.24) is 5.32 Å². The molecule has 1 saturated carbocycles. The molecule has 0 aromatic heterocycles. The average molecular weight is 259 g/mol. The number of thioether (sulfide) groups is 2. The van der Waals surface area contributed by atoms with Gasteiger partial charge in [-0.2, -0.15) is 23.5 Å². The number of nitrogens with one attached hydrogen (secondary N) is 1. The van der Waals surface area contributed by atoms with Crippen LogP contribution in [0.15, 0.2) is 0 Å². The summed E-state index contributed by atoms with van der Waals surface area (Å²) >= 11 is 4.36. The molecule has 2 rings (SSSR count). The zero-order valence-corrected chi connectivity index (χ0v) is 12.2. The van der Waals surface area contributed by atoms with E-state index in [1.165, 1.54) is 42.9 Å². The van der Waals surface area contributed by atoms with Crippen LogP contribution in [-0.2, 0) is 0 Å². The van der Waals surface area contributed by atoms with E-state index in [1.807, 2.05) is 0 Å². The van der Waals surface area contributed by atoms with E-state index in [2.05, 4.69) is 42.8 Å². The average Bonchev–Trinajstić information content (AvgIpc) is 2.34. The second kappa shape index (κ2) is 6.55. The van der Waals surface area contributed by atoms with E-state index in [1.54, 1.807) is 0 Å². The summed E-state index contributed by atoms with van der Waals surface area (Å²) in [6.45, 7) is 2.41. The Morgan fingerprint density at radius 2 is 1.88 bits per heavy atom. The van der Waals surface area contributed by atoms with Crippen LogP contribution in [0.2, 0.25) is 0 Å². The monoisotopic (exact) mass is 259 g/mol. The quantitative estimate of drug-likeness (QED) is 0.835. The summed E-state index contributed by atoms with van der Waals surface area (Å²) in [6.07, 6.45) is 5.81. The van der Waals surface area contributed by atoms with Gasteiger partial charge in [0, 0.05) is 28.6 Å². The van der Waals surface area contributed by atoms with E-state index in [9.17, 15) is 0 Å². The molecule has 0 bridgehead atoms. The normalized spacial score (nSPS) is 38.2. The molecule has 2 unspecified atom stereocenters. The summed E-state index contributed by atoms with van der Waals surface area (Å²) in [5, 5.41) is 4.49. The second-order valence-electron chi connectivity index (χ2n) is 5.32. The van der Waals surface area contributed by atoms with Crippen molar-refractivity contribution >= 4 is 23.5 Å². The molecule has 0 radical (unpaired) electrons. The van der Waals surface area contributed by atoms with Crippen LogP contribution in [-0.4, -0.2) is 35.6 Å². The molecular formula is C13H25NS2. The number of hydrogen-bond acceptors (Lipinski definition) is 3. The predicted molar refractivity (Wildman–Crippen MR) is 77.5 cm³/mol. The summed E-state index contributed by atoms with van der Waals surface area (Å²) in [4.78, 5) is 0. The third-order valence-electron chi connectivity index (χ3n) is 4.14. The summed E-state index contributed by atoms with van der Waals surface area (Å²) in [7, 11) is 2.17. The lowest BCUT2D eigenvalue weighted by atomic mass is 9.78. The molecule has 1 aliphatic heterocycles. The molecule has 1 nitrogen and oxygen atoms in total. The zero-order valence-electron chi connectivity index (χ0n) is 10.6. The molecule has 1 aliphatic carbocycles. The van der Waals surface area contributed by atoms with Crippen molar-refractivity contribution in [3.8, 4) is 0 Å². The van der Waals surface area contributed by atoms with Crippen molar-refractivity contribution in [2.45, 2.75) is 43.9 Å². The molecule has 16 heavy (non-hydrogen) atoms. The first-order valence-electron chi connectivity index (χ1n) is 6.68. The third-order valence-corrected chi connectivity index (χ3v) is 7.03. The van der Waals surface area contributed by atoms with Gasteiger partial charge in [0.15, 0.2) is 0 Å². The molecule has 1 N–H and O–H groups in total. The molecular weight excluding hydrogens is 234 g/mol. The van der Waals surface area contributed by atoms with Gasteiger partial charge in [0.2, 0.25) is 0 Å². The minimum atomic E-state index is 0.769. The molecule has 3 heteroatoms. The van der Waals surface area contributed by atoms with Gasteiger partial charge < -0.3 is 5.32 Å². The fourth-order valence-corrected chi connectivity index (χ4v) is 6.09. The van der Waals surface area contributed by atoms with E-state index in [0.717, 1.165) is 23.1 Å². The first kappa shape index (κ1) is 13.1. The summed E-state index contributed by atoms with van der Waals surface area (Å²) < 4.78 is 0. The Morgan fingerprint density at radius 3 is 2.44 bits per heavy atom. The number of hydrogen-bond donors (Lipinski definition) is 1. The van der Waals surface area contributed by atoms with Crippen molar-refractivity contribution in [3.63, 3.8) is 0 Å². The lowest BCUT2D eigenvalue weighted by molar-refractivity contribution is 0.236. The minimum Gasteiger partial charge on any atom is -0.316 e. The summed E-state index contributed by atoms with van der Waals surface area (Å²) in [5.41, 5.74) is 0. The summed E-state index contributed by atoms with van der Waals surface area (Å²) in [6, 6.07) is 0.769. The minimum absolute atomic E-state index is 0.769. The van der Waals surface area contributed by atoms with Crippen molar-refractivity contribution in [3.05, 3.63) is 0 Å². The maximum Gasteiger partial charge on any atom is 0.0294 e. The van der Waals surface area contributed by atoms with Crippen LogP contribution in [0.5, 0.6) is 0 Å². The maximum absolute atomic E-state index is 3.62. The molecule has 1 saturated heterocycles. The maximum atomic E-state index is 3.62. The molecule has 0 amide bonds. The first-order chi connectivity index (χ1) is 7.81. The molecule has 0 aromatic rings. The van der Waals surface area contributed by atoms with Crippen molar-refractivity contribution in [2.75, 3.05) is 24.3 Å². The van der Waals surface area contributed by atoms with Crippen molar-refractivity contribution in [2.24, 2.45) is 11.8 Å². The Morgan fingerprint density at radius 1 is 1.12 bits per heavy atom. The van der Waals surface area contributed by atoms with Crippen LogP contribution in [0.1, 0.15) is 32.6 Å². The molecule has 0 aromatic carbocycles. The largest absolute Gasteiger partial charge is 0.316 e. The van der Waals surface area contributed by atoms with Gasteiger partial charge in [0.25, 0.3) is 0 Å². The fourth-order valence-electron chi connectivity index (χ4n) is 3.08. The molecule has 2 aliphatic rings. The lowest BCUT2D eigenvalue weighted by Crippen LogP contribution is -2.45. The van der Waals surface area contributed by atoms with E-state index >= 15 is 0 Å². The Bertz CT molecular complexity index is 196. The van der Waals surface area contributed by atoms with Gasteiger partial charge in [0.1, 0.15) is 0 Å². The van der Waals surface area contributed by atoms with Crippen molar-refractivity contribution < 1.29 is 0 Å². The highest BCUT2D eigenvalue weighted by atomic mass is 32.2. The van der Waals surface area contributed by atoms with Crippen LogP contribution in [0.25, 0.3) is 0 Å². The van der Waals surface area contributed by atoms with E-state index in [4.69, 9.17) is 0 Å². The first-order valence-corrected chi connectivity index (χ1v) is 8.88.